The van der Waals surface area contributed by atoms with E-state index >= 15 is 0 Å². The number of carbonyl (C=O) groups is 1. The Hall–Kier alpha value is -1.63. The molecule has 0 aromatic carbocycles. The SMILES string of the molecule is Cc1nn(CCNC(=O)c2ccc(Cl)s2)c(C)c1-c1ccsc1. The number of nitrogens with one attached hydrogen (secondary N) is 1. The van der Waals surface area contributed by atoms with Gasteiger partial charge in [0, 0.05) is 17.8 Å². The molecule has 0 saturated carbocycles. The zero-order valence-corrected chi connectivity index (χ0v) is 15.2. The zero-order valence-electron chi connectivity index (χ0n) is 12.8. The molecular weight excluding hydrogens is 350 g/mol. The number of rotatable bonds is 5. The smallest absolute Gasteiger partial charge is 0.261 e. The van der Waals surface area contributed by atoms with E-state index in [-0.39, 0.29) is 5.91 Å². The first-order valence-corrected chi connectivity index (χ1v) is 9.30. The van der Waals surface area contributed by atoms with Crippen molar-refractivity contribution in [2.75, 3.05) is 6.54 Å². The van der Waals surface area contributed by atoms with E-state index < -0.39 is 0 Å². The summed E-state index contributed by atoms with van der Waals surface area (Å²) in [6.07, 6.45) is 0. The molecule has 120 valence electrons. The monoisotopic (exact) mass is 365 g/mol. The lowest BCUT2D eigenvalue weighted by Gasteiger charge is -2.06. The predicted octanol–water partition coefficient (Wildman–Crippen LogP) is 4.37. The number of carbonyl (C=O) groups excluding carboxylic acids is 1. The van der Waals surface area contributed by atoms with Crippen LogP contribution in [0, 0.1) is 13.8 Å². The van der Waals surface area contributed by atoms with Crippen LogP contribution in [0.15, 0.2) is 29.0 Å². The van der Waals surface area contributed by atoms with Gasteiger partial charge in [-0.25, -0.2) is 0 Å². The van der Waals surface area contributed by atoms with Crippen LogP contribution >= 0.6 is 34.3 Å². The molecule has 0 unspecified atom stereocenters. The van der Waals surface area contributed by atoms with Crippen molar-refractivity contribution in [3.05, 3.63) is 49.6 Å². The molecule has 3 heterocycles. The van der Waals surface area contributed by atoms with Gasteiger partial charge in [0.05, 0.1) is 21.5 Å². The van der Waals surface area contributed by atoms with Crippen LogP contribution in [0.5, 0.6) is 0 Å². The fourth-order valence-corrected chi connectivity index (χ4v) is 4.14. The highest BCUT2D eigenvalue weighted by molar-refractivity contribution is 7.18. The van der Waals surface area contributed by atoms with Gasteiger partial charge in [-0.2, -0.15) is 16.4 Å². The molecule has 0 bridgehead atoms. The molecule has 23 heavy (non-hydrogen) atoms. The standard InChI is InChI=1S/C16H16ClN3OS2/c1-10-15(12-5-8-22-9-12)11(2)20(19-10)7-6-18-16(21)13-3-4-14(17)23-13/h3-5,8-9H,6-7H2,1-2H3,(H,18,21). The molecule has 0 spiro atoms. The first kappa shape index (κ1) is 16.2. The fraction of sp³-hybridized carbons (Fsp3) is 0.250. The number of aromatic nitrogens is 2. The Morgan fingerprint density at radius 3 is 2.83 bits per heavy atom. The first-order valence-electron chi connectivity index (χ1n) is 7.16. The van der Waals surface area contributed by atoms with E-state index in [1.165, 1.54) is 22.5 Å². The lowest BCUT2D eigenvalue weighted by atomic mass is 10.1. The normalized spacial score (nSPS) is 10.9. The minimum atomic E-state index is -0.0958. The molecule has 3 aromatic heterocycles. The Morgan fingerprint density at radius 2 is 2.17 bits per heavy atom. The van der Waals surface area contributed by atoms with Gasteiger partial charge in [0.25, 0.3) is 5.91 Å². The second-order valence-corrected chi connectivity index (χ2v) is 7.64. The molecule has 7 heteroatoms. The highest BCUT2D eigenvalue weighted by Gasteiger charge is 2.14. The zero-order chi connectivity index (χ0) is 16.4. The summed E-state index contributed by atoms with van der Waals surface area (Å²) < 4.78 is 2.57. The van der Waals surface area contributed by atoms with Crippen molar-refractivity contribution in [1.82, 2.24) is 15.1 Å². The fourth-order valence-electron chi connectivity index (χ4n) is 2.54. The van der Waals surface area contributed by atoms with E-state index in [0.29, 0.717) is 22.3 Å². The number of halogens is 1. The van der Waals surface area contributed by atoms with Crippen LogP contribution in [-0.4, -0.2) is 22.2 Å². The van der Waals surface area contributed by atoms with E-state index in [1.54, 1.807) is 23.5 Å². The third-order valence-electron chi connectivity index (χ3n) is 3.60. The molecule has 0 aliphatic heterocycles. The number of hydrogen-bond acceptors (Lipinski definition) is 4. The molecule has 0 aliphatic carbocycles. The lowest BCUT2D eigenvalue weighted by molar-refractivity contribution is 0.0956. The van der Waals surface area contributed by atoms with Crippen molar-refractivity contribution in [1.29, 1.82) is 0 Å². The van der Waals surface area contributed by atoms with Gasteiger partial charge in [-0.3, -0.25) is 9.48 Å². The summed E-state index contributed by atoms with van der Waals surface area (Å²) in [7, 11) is 0. The van der Waals surface area contributed by atoms with Crippen molar-refractivity contribution in [3.8, 4) is 11.1 Å². The largest absolute Gasteiger partial charge is 0.349 e. The second-order valence-electron chi connectivity index (χ2n) is 5.14. The van der Waals surface area contributed by atoms with Gasteiger partial charge in [0.2, 0.25) is 0 Å². The maximum atomic E-state index is 12.0. The van der Waals surface area contributed by atoms with Crippen molar-refractivity contribution in [2.45, 2.75) is 20.4 Å². The van der Waals surface area contributed by atoms with Crippen molar-refractivity contribution in [3.63, 3.8) is 0 Å². The van der Waals surface area contributed by atoms with Gasteiger partial charge in [-0.05, 0) is 48.4 Å². The molecule has 3 rings (SSSR count). The molecule has 1 N–H and O–H groups in total. The van der Waals surface area contributed by atoms with E-state index in [9.17, 15) is 4.79 Å². The van der Waals surface area contributed by atoms with Gasteiger partial charge >= 0.3 is 0 Å². The van der Waals surface area contributed by atoms with Crippen LogP contribution in [0.4, 0.5) is 0 Å². The highest BCUT2D eigenvalue weighted by atomic mass is 35.5. The van der Waals surface area contributed by atoms with Gasteiger partial charge in [-0.15, -0.1) is 11.3 Å². The molecule has 0 saturated heterocycles. The van der Waals surface area contributed by atoms with Crippen molar-refractivity contribution in [2.24, 2.45) is 0 Å². The second kappa shape index (κ2) is 6.86. The topological polar surface area (TPSA) is 46.9 Å². The summed E-state index contributed by atoms with van der Waals surface area (Å²) in [4.78, 5) is 12.6. The molecule has 1 amide bonds. The van der Waals surface area contributed by atoms with Crippen molar-refractivity contribution < 1.29 is 4.79 Å². The highest BCUT2D eigenvalue weighted by Crippen LogP contribution is 2.28. The quantitative estimate of drug-likeness (QED) is 0.729. The van der Waals surface area contributed by atoms with E-state index in [2.05, 4.69) is 34.2 Å². The molecule has 0 radical (unpaired) electrons. The average molecular weight is 366 g/mol. The number of amides is 1. The molecule has 0 atom stereocenters. The van der Waals surface area contributed by atoms with Crippen molar-refractivity contribution >= 4 is 40.2 Å². The third kappa shape index (κ3) is 3.49. The summed E-state index contributed by atoms with van der Waals surface area (Å²) >= 11 is 8.81. The maximum Gasteiger partial charge on any atom is 0.261 e. The van der Waals surface area contributed by atoms with Gasteiger partial charge in [0.15, 0.2) is 0 Å². The summed E-state index contributed by atoms with van der Waals surface area (Å²) in [6.45, 7) is 5.25. The van der Waals surface area contributed by atoms with Crippen LogP contribution in [0.1, 0.15) is 21.1 Å². The third-order valence-corrected chi connectivity index (χ3v) is 5.51. The Morgan fingerprint density at radius 1 is 1.35 bits per heavy atom. The summed E-state index contributed by atoms with van der Waals surface area (Å²) in [5.41, 5.74) is 4.52. The Bertz CT molecular complexity index is 821. The minimum Gasteiger partial charge on any atom is -0.349 e. The number of aryl methyl sites for hydroxylation is 1. The number of hydrogen-bond donors (Lipinski definition) is 1. The van der Waals surface area contributed by atoms with E-state index in [1.807, 2.05) is 11.6 Å². The molecule has 3 aromatic rings. The lowest BCUT2D eigenvalue weighted by Crippen LogP contribution is -2.27. The summed E-state index contributed by atoms with van der Waals surface area (Å²) in [5.74, 6) is -0.0958. The summed E-state index contributed by atoms with van der Waals surface area (Å²) in [5, 5.41) is 11.7. The van der Waals surface area contributed by atoms with Gasteiger partial charge in [0.1, 0.15) is 0 Å². The van der Waals surface area contributed by atoms with Gasteiger partial charge in [-0.1, -0.05) is 11.6 Å². The Kier molecular flexibility index (Phi) is 4.84. The Balaban J connectivity index is 1.65. The first-order chi connectivity index (χ1) is 11.1. The van der Waals surface area contributed by atoms with E-state index in [0.717, 1.165) is 11.4 Å². The van der Waals surface area contributed by atoms with Crippen LogP contribution in [0.25, 0.3) is 11.1 Å². The van der Waals surface area contributed by atoms with Crippen LogP contribution in [0.3, 0.4) is 0 Å². The minimum absolute atomic E-state index is 0.0958. The molecule has 0 fully saturated rings. The predicted molar refractivity (Wildman–Crippen MR) is 96.7 cm³/mol. The molecular formula is C16H16ClN3OS2. The average Bonchev–Trinajstić information content (AvgIpc) is 3.22. The van der Waals surface area contributed by atoms with Gasteiger partial charge < -0.3 is 5.32 Å². The van der Waals surface area contributed by atoms with Crippen LogP contribution < -0.4 is 5.32 Å². The summed E-state index contributed by atoms with van der Waals surface area (Å²) in [6, 6.07) is 5.57. The number of thiophene rings is 2. The molecule has 4 nitrogen and oxygen atoms in total. The number of nitrogens with zero attached hydrogens (tertiary/aromatic N) is 2. The van der Waals surface area contributed by atoms with E-state index in [4.69, 9.17) is 11.6 Å². The van der Waals surface area contributed by atoms with Crippen LogP contribution in [-0.2, 0) is 6.54 Å². The molecule has 0 aliphatic rings. The van der Waals surface area contributed by atoms with Crippen LogP contribution in [0.2, 0.25) is 4.34 Å². The Labute approximate surface area is 147 Å². The maximum absolute atomic E-state index is 12.0.